The molecule has 0 saturated heterocycles. The Morgan fingerprint density at radius 3 is 2.62 bits per heavy atom. The fourth-order valence-corrected chi connectivity index (χ4v) is 5.83. The van der Waals surface area contributed by atoms with Gasteiger partial charge in [-0.2, -0.15) is 0 Å². The molecular formula is C23H32N4O4S. The first-order valence-electron chi connectivity index (χ1n) is 11.4. The number of carbonyl (C=O) groups is 2. The van der Waals surface area contributed by atoms with Crippen molar-refractivity contribution in [3.05, 3.63) is 16.8 Å². The molecule has 0 aliphatic heterocycles. The maximum absolute atomic E-state index is 12.0. The van der Waals surface area contributed by atoms with Crippen LogP contribution in [0, 0.1) is 5.92 Å². The van der Waals surface area contributed by atoms with Crippen LogP contribution in [0.1, 0.15) is 69.7 Å². The second-order valence-corrected chi connectivity index (χ2v) is 11.0. The monoisotopic (exact) mass is 460 g/mol. The summed E-state index contributed by atoms with van der Waals surface area (Å²) in [6.07, 6.45) is 7.72. The van der Waals surface area contributed by atoms with Crippen LogP contribution in [0.4, 0.5) is 4.79 Å². The lowest BCUT2D eigenvalue weighted by atomic mass is 9.85. The van der Waals surface area contributed by atoms with Crippen LogP contribution in [0.15, 0.2) is 6.33 Å². The standard InChI is InChI=1S/C23H32N4O4S/c1-23(2,3)31-22(29)27-14-5-7-15(8-6-14)30-20-19-16-10-13(11-18(24)28)4-9-17(16)32-21(19)26-12-25-20/h12-15H,4-11H2,1-3H3,(H2,24,28)(H,27,29)/t13-,14-,15-/m0/s1. The molecule has 32 heavy (non-hydrogen) atoms. The highest BCUT2D eigenvalue weighted by Crippen LogP contribution is 2.41. The SMILES string of the molecule is CC(C)(C)OC(=O)N[C@H]1CC[C@H](Oc2ncnc3sc4c(c23)C[C@@H](CC(N)=O)CC4)CC1. The van der Waals surface area contributed by atoms with Crippen LogP contribution < -0.4 is 15.8 Å². The lowest BCUT2D eigenvalue weighted by Crippen LogP contribution is -2.42. The zero-order chi connectivity index (χ0) is 22.9. The van der Waals surface area contributed by atoms with E-state index in [4.69, 9.17) is 15.2 Å². The van der Waals surface area contributed by atoms with Gasteiger partial charge in [0.1, 0.15) is 22.9 Å². The highest BCUT2D eigenvalue weighted by molar-refractivity contribution is 7.18. The molecule has 0 bridgehead atoms. The molecule has 0 unspecified atom stereocenters. The number of ether oxygens (including phenoxy) is 2. The van der Waals surface area contributed by atoms with Gasteiger partial charge in [-0.1, -0.05) is 0 Å². The topological polar surface area (TPSA) is 116 Å². The minimum Gasteiger partial charge on any atom is -0.474 e. The molecule has 3 N–H and O–H groups in total. The first-order valence-corrected chi connectivity index (χ1v) is 12.2. The number of thiophene rings is 1. The fraction of sp³-hybridized carbons (Fsp3) is 0.652. The zero-order valence-electron chi connectivity index (χ0n) is 19.0. The number of aryl methyl sites for hydroxylation is 1. The smallest absolute Gasteiger partial charge is 0.407 e. The molecule has 0 radical (unpaired) electrons. The molecule has 4 rings (SSSR count). The Morgan fingerprint density at radius 1 is 1.19 bits per heavy atom. The minimum absolute atomic E-state index is 0.0466. The van der Waals surface area contributed by atoms with Crippen molar-refractivity contribution in [1.29, 1.82) is 0 Å². The van der Waals surface area contributed by atoms with E-state index >= 15 is 0 Å². The molecule has 2 aromatic heterocycles. The van der Waals surface area contributed by atoms with Crippen molar-refractivity contribution in [2.45, 2.75) is 89.9 Å². The lowest BCUT2D eigenvalue weighted by molar-refractivity contribution is -0.119. The van der Waals surface area contributed by atoms with Crippen LogP contribution in [0.25, 0.3) is 10.2 Å². The highest BCUT2D eigenvalue weighted by Gasteiger charge is 2.29. The molecule has 2 amide bonds. The van der Waals surface area contributed by atoms with Crippen molar-refractivity contribution in [1.82, 2.24) is 15.3 Å². The zero-order valence-corrected chi connectivity index (χ0v) is 19.8. The summed E-state index contributed by atoms with van der Waals surface area (Å²) < 4.78 is 11.7. The van der Waals surface area contributed by atoms with Gasteiger partial charge in [0.15, 0.2) is 0 Å². The molecule has 0 aromatic carbocycles. The molecule has 2 aliphatic rings. The van der Waals surface area contributed by atoms with E-state index in [-0.39, 0.29) is 30.1 Å². The first kappa shape index (κ1) is 22.8. The molecule has 2 aliphatic carbocycles. The van der Waals surface area contributed by atoms with Gasteiger partial charge in [-0.25, -0.2) is 14.8 Å². The normalized spacial score (nSPS) is 23.4. The van der Waals surface area contributed by atoms with Gasteiger partial charge in [-0.15, -0.1) is 11.3 Å². The summed E-state index contributed by atoms with van der Waals surface area (Å²) in [4.78, 5) is 34.7. The van der Waals surface area contributed by atoms with Crippen molar-refractivity contribution < 1.29 is 19.1 Å². The molecule has 1 atom stereocenters. The summed E-state index contributed by atoms with van der Waals surface area (Å²) in [5, 5.41) is 3.96. The van der Waals surface area contributed by atoms with Gasteiger partial charge in [0.2, 0.25) is 11.8 Å². The molecule has 174 valence electrons. The van der Waals surface area contributed by atoms with Crippen LogP contribution in [-0.2, 0) is 22.4 Å². The van der Waals surface area contributed by atoms with Crippen LogP contribution in [0.2, 0.25) is 0 Å². The van der Waals surface area contributed by atoms with E-state index in [0.29, 0.717) is 12.3 Å². The number of amides is 2. The predicted octanol–water partition coefficient (Wildman–Crippen LogP) is 3.89. The minimum atomic E-state index is -0.501. The van der Waals surface area contributed by atoms with Crippen molar-refractivity contribution in [2.24, 2.45) is 11.7 Å². The quantitative estimate of drug-likeness (QED) is 0.699. The summed E-state index contributed by atoms with van der Waals surface area (Å²) in [7, 11) is 0. The van der Waals surface area contributed by atoms with E-state index in [1.54, 1.807) is 17.7 Å². The second-order valence-electron chi connectivity index (χ2n) is 9.88. The van der Waals surface area contributed by atoms with Gasteiger partial charge < -0.3 is 20.5 Å². The van der Waals surface area contributed by atoms with E-state index in [2.05, 4.69) is 15.3 Å². The number of nitrogens with one attached hydrogen (secondary N) is 1. The second kappa shape index (κ2) is 9.21. The van der Waals surface area contributed by atoms with E-state index < -0.39 is 5.60 Å². The first-order chi connectivity index (χ1) is 15.2. The largest absolute Gasteiger partial charge is 0.474 e. The van der Waals surface area contributed by atoms with Crippen molar-refractivity contribution >= 4 is 33.6 Å². The summed E-state index contributed by atoms with van der Waals surface area (Å²) in [6.45, 7) is 5.58. The van der Waals surface area contributed by atoms with E-state index in [0.717, 1.165) is 55.2 Å². The third-order valence-electron chi connectivity index (χ3n) is 6.07. The van der Waals surface area contributed by atoms with Crippen LogP contribution in [-0.4, -0.2) is 39.7 Å². The number of nitrogens with two attached hydrogens (primary N) is 1. The molecule has 9 heteroatoms. The van der Waals surface area contributed by atoms with Crippen molar-refractivity contribution in [3.8, 4) is 5.88 Å². The number of primary amides is 1. The Bertz CT molecular complexity index is 992. The highest BCUT2D eigenvalue weighted by atomic mass is 32.1. The molecule has 1 saturated carbocycles. The Balaban J connectivity index is 1.41. The van der Waals surface area contributed by atoms with Crippen LogP contribution in [0.3, 0.4) is 0 Å². The third-order valence-corrected chi connectivity index (χ3v) is 7.27. The number of fused-ring (bicyclic) bond motifs is 3. The Kier molecular flexibility index (Phi) is 6.55. The molecule has 0 spiro atoms. The van der Waals surface area contributed by atoms with Crippen molar-refractivity contribution in [3.63, 3.8) is 0 Å². The number of hydrogen-bond donors (Lipinski definition) is 2. The number of aromatic nitrogens is 2. The van der Waals surface area contributed by atoms with E-state index in [9.17, 15) is 9.59 Å². The van der Waals surface area contributed by atoms with Gasteiger partial charge in [0, 0.05) is 17.3 Å². The molecule has 1 fully saturated rings. The Hall–Kier alpha value is -2.42. The van der Waals surface area contributed by atoms with Gasteiger partial charge in [-0.05, 0) is 77.2 Å². The summed E-state index contributed by atoms with van der Waals surface area (Å²) in [5.41, 5.74) is 6.16. The van der Waals surface area contributed by atoms with Gasteiger partial charge in [-0.3, -0.25) is 4.79 Å². The van der Waals surface area contributed by atoms with Gasteiger partial charge >= 0.3 is 6.09 Å². The molecule has 2 heterocycles. The number of hydrogen-bond acceptors (Lipinski definition) is 7. The molecular weight excluding hydrogens is 428 g/mol. The maximum Gasteiger partial charge on any atom is 0.407 e. The third kappa shape index (κ3) is 5.49. The number of nitrogens with zero attached hydrogens (tertiary/aromatic N) is 2. The summed E-state index contributed by atoms with van der Waals surface area (Å²) >= 11 is 1.70. The molecule has 8 nitrogen and oxygen atoms in total. The number of rotatable bonds is 5. The van der Waals surface area contributed by atoms with E-state index in [1.165, 1.54) is 10.4 Å². The number of carbonyl (C=O) groups excluding carboxylic acids is 2. The lowest BCUT2D eigenvalue weighted by Gasteiger charge is -2.30. The van der Waals surface area contributed by atoms with E-state index in [1.807, 2.05) is 20.8 Å². The Morgan fingerprint density at radius 2 is 1.94 bits per heavy atom. The van der Waals surface area contributed by atoms with Gasteiger partial charge in [0.25, 0.3) is 0 Å². The molecule has 2 aromatic rings. The van der Waals surface area contributed by atoms with Crippen LogP contribution in [0.5, 0.6) is 5.88 Å². The number of alkyl carbamates (subject to hydrolysis) is 1. The maximum atomic E-state index is 12.0. The predicted molar refractivity (Wildman–Crippen MR) is 123 cm³/mol. The van der Waals surface area contributed by atoms with Gasteiger partial charge in [0.05, 0.1) is 5.39 Å². The summed E-state index contributed by atoms with van der Waals surface area (Å²) in [6, 6.07) is 0.0959. The average molecular weight is 461 g/mol. The Labute approximate surface area is 192 Å². The summed E-state index contributed by atoms with van der Waals surface area (Å²) in [5.74, 6) is 0.651. The van der Waals surface area contributed by atoms with Crippen molar-refractivity contribution in [2.75, 3.05) is 0 Å². The average Bonchev–Trinajstić information content (AvgIpc) is 3.06. The fourth-order valence-electron chi connectivity index (χ4n) is 4.66. The van der Waals surface area contributed by atoms with Crippen LogP contribution >= 0.6 is 11.3 Å².